The van der Waals surface area contributed by atoms with Gasteiger partial charge in [0.25, 0.3) is 0 Å². The number of nitrogens with one attached hydrogen (secondary N) is 1. The minimum absolute atomic E-state index is 0.0537. The van der Waals surface area contributed by atoms with Gasteiger partial charge in [-0.25, -0.2) is 22.5 Å². The molecule has 22 heavy (non-hydrogen) atoms. The van der Waals surface area contributed by atoms with Crippen LogP contribution in [0.25, 0.3) is 5.69 Å². The average molecular weight is 326 g/mol. The Bertz CT molecular complexity index is 795. The van der Waals surface area contributed by atoms with Gasteiger partial charge in [-0.1, -0.05) is 18.2 Å². The molecule has 1 aromatic carbocycles. The highest BCUT2D eigenvalue weighted by atomic mass is 32.2. The summed E-state index contributed by atoms with van der Waals surface area (Å²) in [5.74, 6) is -0.287. The number of ether oxygens (including phenoxy) is 1. The number of aryl methyl sites for hydroxylation is 1. The zero-order chi connectivity index (χ0) is 16.3. The SMILES string of the molecule is COC(C)CS(=O)(=O)Nc1nn(C)c(=O)n1-c1ccccc1. The van der Waals surface area contributed by atoms with E-state index in [9.17, 15) is 13.2 Å². The van der Waals surface area contributed by atoms with Crippen LogP contribution in [0.2, 0.25) is 0 Å². The van der Waals surface area contributed by atoms with Crippen molar-refractivity contribution in [1.82, 2.24) is 14.3 Å². The van der Waals surface area contributed by atoms with Crippen molar-refractivity contribution in [3.63, 3.8) is 0 Å². The molecule has 0 saturated heterocycles. The molecule has 9 heteroatoms. The third kappa shape index (κ3) is 3.55. The number of sulfonamides is 1. The fraction of sp³-hybridized carbons (Fsp3) is 0.385. The van der Waals surface area contributed by atoms with Crippen molar-refractivity contribution >= 4 is 16.0 Å². The van der Waals surface area contributed by atoms with Crippen molar-refractivity contribution in [1.29, 1.82) is 0 Å². The van der Waals surface area contributed by atoms with Crippen LogP contribution in [0.1, 0.15) is 6.92 Å². The van der Waals surface area contributed by atoms with E-state index < -0.39 is 21.8 Å². The van der Waals surface area contributed by atoms with Gasteiger partial charge in [-0.2, -0.15) is 0 Å². The van der Waals surface area contributed by atoms with Gasteiger partial charge in [0, 0.05) is 14.2 Å². The lowest BCUT2D eigenvalue weighted by Crippen LogP contribution is -2.28. The van der Waals surface area contributed by atoms with E-state index in [0.717, 1.165) is 4.68 Å². The number of nitrogens with zero attached hydrogens (tertiary/aromatic N) is 3. The number of aromatic nitrogens is 3. The van der Waals surface area contributed by atoms with Crippen LogP contribution in [-0.2, 0) is 21.8 Å². The van der Waals surface area contributed by atoms with Crippen molar-refractivity contribution in [3.8, 4) is 5.69 Å². The largest absolute Gasteiger partial charge is 0.381 e. The molecule has 8 nitrogen and oxygen atoms in total. The molecule has 0 fully saturated rings. The Hall–Kier alpha value is -2.13. The first kappa shape index (κ1) is 16.2. The van der Waals surface area contributed by atoms with Gasteiger partial charge in [-0.15, -0.1) is 5.10 Å². The second kappa shape index (κ2) is 6.32. The van der Waals surface area contributed by atoms with Gasteiger partial charge in [0.15, 0.2) is 0 Å². The summed E-state index contributed by atoms with van der Waals surface area (Å²) < 4.78 is 33.8. The van der Waals surface area contributed by atoms with Gasteiger partial charge in [0.1, 0.15) is 0 Å². The molecule has 0 aliphatic heterocycles. The van der Waals surface area contributed by atoms with Crippen LogP contribution in [0, 0.1) is 0 Å². The van der Waals surface area contributed by atoms with Gasteiger partial charge in [0.05, 0.1) is 17.5 Å². The quantitative estimate of drug-likeness (QED) is 0.826. The van der Waals surface area contributed by atoms with Gasteiger partial charge in [0.2, 0.25) is 16.0 Å². The molecule has 0 saturated carbocycles. The fourth-order valence-corrected chi connectivity index (χ4v) is 3.15. The standard InChI is InChI=1S/C13H18N4O4S/c1-10(21-3)9-22(19,20)15-12-14-16(2)13(18)17(12)11-7-5-4-6-8-11/h4-8,10H,9H2,1-3H3,(H,14,15). The number of methoxy groups -OCH3 is 1. The summed E-state index contributed by atoms with van der Waals surface area (Å²) in [6.45, 7) is 1.64. The molecule has 2 aromatic rings. The summed E-state index contributed by atoms with van der Waals surface area (Å²) in [5, 5.41) is 3.94. The van der Waals surface area contributed by atoms with Crippen molar-refractivity contribution in [2.75, 3.05) is 17.6 Å². The Morgan fingerprint density at radius 2 is 1.95 bits per heavy atom. The number of anilines is 1. The Morgan fingerprint density at radius 1 is 1.32 bits per heavy atom. The number of benzene rings is 1. The van der Waals surface area contributed by atoms with Crippen LogP contribution in [0.15, 0.2) is 35.1 Å². The maximum absolute atomic E-state index is 12.2. The summed E-state index contributed by atoms with van der Waals surface area (Å²) in [4.78, 5) is 12.2. The van der Waals surface area contributed by atoms with E-state index in [2.05, 4.69) is 9.82 Å². The van der Waals surface area contributed by atoms with Crippen molar-refractivity contribution in [2.45, 2.75) is 13.0 Å². The second-order valence-corrected chi connectivity index (χ2v) is 6.60. The molecule has 1 heterocycles. The third-order valence-corrected chi connectivity index (χ3v) is 4.44. The average Bonchev–Trinajstić information content (AvgIpc) is 2.73. The highest BCUT2D eigenvalue weighted by Crippen LogP contribution is 2.12. The molecule has 0 aliphatic carbocycles. The molecule has 0 spiro atoms. The smallest absolute Gasteiger partial charge is 0.351 e. The Kier molecular flexibility index (Phi) is 4.67. The Balaban J connectivity index is 2.41. The number of hydrogen-bond donors (Lipinski definition) is 1. The lowest BCUT2D eigenvalue weighted by atomic mass is 10.3. The van der Waals surface area contributed by atoms with Crippen LogP contribution in [0.5, 0.6) is 0 Å². The van der Waals surface area contributed by atoms with Crippen molar-refractivity contribution in [3.05, 3.63) is 40.8 Å². The molecular formula is C13H18N4O4S. The third-order valence-electron chi connectivity index (χ3n) is 3.04. The topological polar surface area (TPSA) is 95.2 Å². The van der Waals surface area contributed by atoms with Crippen molar-refractivity contribution < 1.29 is 13.2 Å². The fourth-order valence-electron chi connectivity index (χ4n) is 1.90. The molecule has 0 amide bonds. The molecule has 0 radical (unpaired) electrons. The summed E-state index contributed by atoms with van der Waals surface area (Å²) in [5.41, 5.74) is 0.0850. The monoisotopic (exact) mass is 326 g/mol. The molecule has 0 bridgehead atoms. The zero-order valence-corrected chi connectivity index (χ0v) is 13.4. The Morgan fingerprint density at radius 3 is 2.55 bits per heavy atom. The van der Waals surface area contributed by atoms with E-state index in [-0.39, 0.29) is 11.7 Å². The first-order chi connectivity index (χ1) is 10.3. The van der Waals surface area contributed by atoms with Crippen LogP contribution in [0.4, 0.5) is 5.95 Å². The zero-order valence-electron chi connectivity index (χ0n) is 12.6. The summed E-state index contributed by atoms with van der Waals surface area (Å²) in [7, 11) is -0.803. The minimum atomic E-state index is -3.69. The van der Waals surface area contributed by atoms with Crippen molar-refractivity contribution in [2.24, 2.45) is 7.05 Å². The maximum atomic E-state index is 12.2. The minimum Gasteiger partial charge on any atom is -0.381 e. The van der Waals surface area contributed by atoms with E-state index in [4.69, 9.17) is 4.74 Å². The number of hydrogen-bond acceptors (Lipinski definition) is 5. The molecule has 2 rings (SSSR count). The molecule has 1 atom stereocenters. The highest BCUT2D eigenvalue weighted by molar-refractivity contribution is 7.92. The Labute approximate surface area is 128 Å². The first-order valence-corrected chi connectivity index (χ1v) is 8.24. The van der Waals surface area contributed by atoms with E-state index in [1.165, 1.54) is 18.7 Å². The summed E-state index contributed by atoms with van der Waals surface area (Å²) >= 11 is 0. The normalized spacial score (nSPS) is 13.0. The van der Waals surface area contributed by atoms with Crippen LogP contribution in [0.3, 0.4) is 0 Å². The predicted molar refractivity (Wildman–Crippen MR) is 82.7 cm³/mol. The van der Waals surface area contributed by atoms with Gasteiger partial charge < -0.3 is 4.74 Å². The lowest BCUT2D eigenvalue weighted by molar-refractivity contribution is 0.136. The first-order valence-electron chi connectivity index (χ1n) is 6.59. The second-order valence-electron chi connectivity index (χ2n) is 4.83. The molecule has 0 aliphatic rings. The summed E-state index contributed by atoms with van der Waals surface area (Å²) in [6.07, 6.45) is -0.474. The predicted octanol–water partition coefficient (Wildman–Crippen LogP) is 0.348. The number of para-hydroxylation sites is 1. The maximum Gasteiger partial charge on any atom is 0.351 e. The molecule has 1 unspecified atom stereocenters. The van der Waals surface area contributed by atoms with E-state index >= 15 is 0 Å². The molecule has 120 valence electrons. The van der Waals surface area contributed by atoms with Crippen LogP contribution >= 0.6 is 0 Å². The van der Waals surface area contributed by atoms with E-state index in [1.54, 1.807) is 37.3 Å². The lowest BCUT2D eigenvalue weighted by Gasteiger charge is -2.12. The molecular weight excluding hydrogens is 308 g/mol. The highest BCUT2D eigenvalue weighted by Gasteiger charge is 2.21. The van der Waals surface area contributed by atoms with Gasteiger partial charge in [-0.05, 0) is 19.1 Å². The van der Waals surface area contributed by atoms with Crippen LogP contribution < -0.4 is 10.4 Å². The van der Waals surface area contributed by atoms with Crippen LogP contribution in [-0.4, -0.2) is 41.7 Å². The van der Waals surface area contributed by atoms with E-state index in [0.29, 0.717) is 5.69 Å². The molecule has 1 N–H and O–H groups in total. The van der Waals surface area contributed by atoms with Gasteiger partial charge >= 0.3 is 5.69 Å². The molecule has 1 aromatic heterocycles. The number of rotatable bonds is 6. The van der Waals surface area contributed by atoms with E-state index in [1.807, 2.05) is 0 Å². The summed E-state index contributed by atoms with van der Waals surface area (Å²) in [6, 6.07) is 8.69. The van der Waals surface area contributed by atoms with Gasteiger partial charge in [-0.3, -0.25) is 4.72 Å².